The number of nitrogens with one attached hydrogen (secondary N) is 1. The number of halogens is 1. The Morgan fingerprint density at radius 1 is 1.37 bits per heavy atom. The fourth-order valence-corrected chi connectivity index (χ4v) is 2.78. The van der Waals surface area contributed by atoms with Crippen LogP contribution in [0, 0.1) is 0 Å². The van der Waals surface area contributed by atoms with Gasteiger partial charge in [0.25, 0.3) is 0 Å². The molecule has 0 radical (unpaired) electrons. The third-order valence-corrected chi connectivity index (χ3v) is 4.14. The van der Waals surface area contributed by atoms with E-state index in [2.05, 4.69) is 5.32 Å². The highest BCUT2D eigenvalue weighted by molar-refractivity contribution is 7.16. The van der Waals surface area contributed by atoms with Gasteiger partial charge in [-0.25, -0.2) is 0 Å². The molecule has 19 heavy (non-hydrogen) atoms. The van der Waals surface area contributed by atoms with E-state index < -0.39 is 5.91 Å². The zero-order chi connectivity index (χ0) is 14.0. The number of hydrogen-bond acceptors (Lipinski definition) is 4. The summed E-state index contributed by atoms with van der Waals surface area (Å²) in [6.07, 6.45) is 0. The van der Waals surface area contributed by atoms with E-state index in [4.69, 9.17) is 23.1 Å². The van der Waals surface area contributed by atoms with E-state index in [1.54, 1.807) is 18.2 Å². The number of hydrogen-bond donors (Lipinski definition) is 3. The number of benzene rings is 1. The summed E-state index contributed by atoms with van der Waals surface area (Å²) < 4.78 is 0.751. The Labute approximate surface area is 120 Å². The molecule has 2 rings (SSSR count). The summed E-state index contributed by atoms with van der Waals surface area (Å²) in [5.74, 6) is -0.490. The molecular weight excluding hydrogens is 282 g/mol. The predicted octanol–water partition coefficient (Wildman–Crippen LogP) is 3.26. The van der Waals surface area contributed by atoms with E-state index in [-0.39, 0.29) is 6.04 Å². The van der Waals surface area contributed by atoms with E-state index in [9.17, 15) is 4.79 Å². The second-order valence-electron chi connectivity index (χ2n) is 4.17. The molecule has 0 fully saturated rings. The fraction of sp³-hybridized carbons (Fsp3) is 0.154. The SMILES string of the molecule is CC(Nc1ccc(C(N)=O)cc1N)c1ccc(Cl)s1. The van der Waals surface area contributed by atoms with Gasteiger partial charge in [0.05, 0.1) is 21.8 Å². The van der Waals surface area contributed by atoms with Crippen molar-refractivity contribution in [3.8, 4) is 0 Å². The van der Waals surface area contributed by atoms with Crippen molar-refractivity contribution in [2.75, 3.05) is 11.1 Å². The van der Waals surface area contributed by atoms with Gasteiger partial charge in [-0.05, 0) is 37.3 Å². The number of rotatable bonds is 4. The number of thiophene rings is 1. The standard InChI is InChI=1S/C13H14ClN3OS/c1-7(11-4-5-12(14)19-11)17-10-3-2-8(13(16)18)6-9(10)15/h2-7,17H,15H2,1H3,(H2,16,18). The topological polar surface area (TPSA) is 81.1 Å². The Morgan fingerprint density at radius 2 is 2.11 bits per heavy atom. The maximum absolute atomic E-state index is 11.0. The molecule has 1 aromatic carbocycles. The number of carbonyl (C=O) groups excluding carboxylic acids is 1. The van der Waals surface area contributed by atoms with Crippen LogP contribution in [-0.2, 0) is 0 Å². The lowest BCUT2D eigenvalue weighted by Gasteiger charge is -2.15. The summed E-state index contributed by atoms with van der Waals surface area (Å²) >= 11 is 7.43. The molecule has 0 bridgehead atoms. The Morgan fingerprint density at radius 3 is 2.63 bits per heavy atom. The molecular formula is C13H14ClN3OS. The maximum atomic E-state index is 11.0. The zero-order valence-electron chi connectivity index (χ0n) is 10.3. The molecule has 1 heterocycles. The van der Waals surface area contributed by atoms with Crippen molar-refractivity contribution in [2.24, 2.45) is 5.73 Å². The first kappa shape index (κ1) is 13.7. The number of amides is 1. The van der Waals surface area contributed by atoms with Gasteiger partial charge in [0, 0.05) is 10.4 Å². The minimum atomic E-state index is -0.490. The lowest BCUT2D eigenvalue weighted by atomic mass is 10.1. The van der Waals surface area contributed by atoms with Gasteiger partial charge in [0.2, 0.25) is 5.91 Å². The summed E-state index contributed by atoms with van der Waals surface area (Å²) in [5, 5.41) is 3.28. The molecule has 1 atom stereocenters. The molecule has 5 N–H and O–H groups in total. The number of primary amides is 1. The molecule has 1 unspecified atom stereocenters. The van der Waals surface area contributed by atoms with Crippen LogP contribution in [0.15, 0.2) is 30.3 Å². The Bertz CT molecular complexity index is 612. The minimum Gasteiger partial charge on any atom is -0.397 e. The van der Waals surface area contributed by atoms with Gasteiger partial charge in [0.1, 0.15) is 0 Å². The van der Waals surface area contributed by atoms with Gasteiger partial charge in [-0.3, -0.25) is 4.79 Å². The summed E-state index contributed by atoms with van der Waals surface area (Å²) in [6, 6.07) is 8.88. The Kier molecular flexibility index (Phi) is 3.97. The number of carbonyl (C=O) groups is 1. The van der Waals surface area contributed by atoms with Crippen LogP contribution < -0.4 is 16.8 Å². The van der Waals surface area contributed by atoms with Gasteiger partial charge in [-0.2, -0.15) is 0 Å². The highest BCUT2D eigenvalue weighted by Crippen LogP contribution is 2.30. The molecule has 0 aliphatic rings. The minimum absolute atomic E-state index is 0.0826. The largest absolute Gasteiger partial charge is 0.397 e. The van der Waals surface area contributed by atoms with Crippen LogP contribution in [-0.4, -0.2) is 5.91 Å². The van der Waals surface area contributed by atoms with Crippen molar-refractivity contribution < 1.29 is 4.79 Å². The van der Waals surface area contributed by atoms with E-state index >= 15 is 0 Å². The highest BCUT2D eigenvalue weighted by atomic mass is 35.5. The van der Waals surface area contributed by atoms with Gasteiger partial charge < -0.3 is 16.8 Å². The highest BCUT2D eigenvalue weighted by Gasteiger charge is 2.11. The van der Waals surface area contributed by atoms with Crippen LogP contribution in [0.3, 0.4) is 0 Å². The predicted molar refractivity (Wildman–Crippen MR) is 80.7 cm³/mol. The monoisotopic (exact) mass is 295 g/mol. The van der Waals surface area contributed by atoms with Crippen LogP contribution in [0.4, 0.5) is 11.4 Å². The van der Waals surface area contributed by atoms with Crippen LogP contribution in [0.25, 0.3) is 0 Å². The van der Waals surface area contributed by atoms with Crippen LogP contribution >= 0.6 is 22.9 Å². The summed E-state index contributed by atoms with van der Waals surface area (Å²) in [6.45, 7) is 2.02. The third kappa shape index (κ3) is 3.19. The molecule has 0 saturated heterocycles. The van der Waals surface area contributed by atoms with Crippen molar-refractivity contribution in [3.63, 3.8) is 0 Å². The van der Waals surface area contributed by atoms with Crippen molar-refractivity contribution >= 4 is 40.2 Å². The van der Waals surface area contributed by atoms with Crippen LogP contribution in [0.1, 0.15) is 28.2 Å². The molecule has 1 amide bonds. The molecule has 0 aliphatic carbocycles. The first-order valence-corrected chi connectivity index (χ1v) is 6.88. The Balaban J connectivity index is 2.17. The van der Waals surface area contributed by atoms with E-state index in [1.807, 2.05) is 19.1 Å². The quantitative estimate of drug-likeness (QED) is 0.757. The van der Waals surface area contributed by atoms with Crippen LogP contribution in [0.5, 0.6) is 0 Å². The number of nitrogen functional groups attached to an aromatic ring is 1. The van der Waals surface area contributed by atoms with Crippen molar-refractivity contribution in [1.82, 2.24) is 0 Å². The molecule has 2 aromatic rings. The molecule has 0 aliphatic heterocycles. The molecule has 6 heteroatoms. The van der Waals surface area contributed by atoms with E-state index in [1.165, 1.54) is 11.3 Å². The smallest absolute Gasteiger partial charge is 0.248 e. The summed E-state index contributed by atoms with van der Waals surface area (Å²) in [7, 11) is 0. The average molecular weight is 296 g/mol. The average Bonchev–Trinajstić information content (AvgIpc) is 2.78. The zero-order valence-corrected chi connectivity index (χ0v) is 11.9. The molecule has 4 nitrogen and oxygen atoms in total. The second-order valence-corrected chi connectivity index (χ2v) is 5.92. The normalized spacial score (nSPS) is 12.1. The lowest BCUT2D eigenvalue weighted by molar-refractivity contribution is 0.100. The maximum Gasteiger partial charge on any atom is 0.248 e. The molecule has 0 spiro atoms. The molecule has 0 saturated carbocycles. The molecule has 1 aromatic heterocycles. The van der Waals surface area contributed by atoms with Crippen LogP contribution in [0.2, 0.25) is 4.34 Å². The number of anilines is 2. The van der Waals surface area contributed by atoms with Gasteiger partial charge in [-0.1, -0.05) is 11.6 Å². The first-order chi connectivity index (χ1) is 8.97. The van der Waals surface area contributed by atoms with Crippen molar-refractivity contribution in [1.29, 1.82) is 0 Å². The van der Waals surface area contributed by atoms with Crippen molar-refractivity contribution in [2.45, 2.75) is 13.0 Å². The molecule has 100 valence electrons. The lowest BCUT2D eigenvalue weighted by Crippen LogP contribution is -2.12. The third-order valence-electron chi connectivity index (χ3n) is 2.73. The van der Waals surface area contributed by atoms with E-state index in [0.717, 1.165) is 14.9 Å². The van der Waals surface area contributed by atoms with E-state index in [0.29, 0.717) is 11.3 Å². The Hall–Kier alpha value is -1.72. The second kappa shape index (κ2) is 5.50. The van der Waals surface area contributed by atoms with Gasteiger partial charge in [-0.15, -0.1) is 11.3 Å². The summed E-state index contributed by atoms with van der Waals surface area (Å²) in [4.78, 5) is 12.2. The van der Waals surface area contributed by atoms with Gasteiger partial charge >= 0.3 is 0 Å². The first-order valence-electron chi connectivity index (χ1n) is 5.68. The van der Waals surface area contributed by atoms with Crippen molar-refractivity contribution in [3.05, 3.63) is 45.1 Å². The summed E-state index contributed by atoms with van der Waals surface area (Å²) in [5.41, 5.74) is 12.8. The number of nitrogens with two attached hydrogens (primary N) is 2. The van der Waals surface area contributed by atoms with Gasteiger partial charge in [0.15, 0.2) is 0 Å². The fourth-order valence-electron chi connectivity index (χ4n) is 1.71.